The summed E-state index contributed by atoms with van der Waals surface area (Å²) >= 11 is 0. The van der Waals surface area contributed by atoms with E-state index in [1.54, 1.807) is 23.4 Å². The number of hydrogen-bond donors (Lipinski definition) is 1. The largest absolute Gasteiger partial charge is 0.492 e. The minimum absolute atomic E-state index is 0.0612. The highest BCUT2D eigenvalue weighted by Crippen LogP contribution is 2.30. The van der Waals surface area contributed by atoms with Crippen molar-refractivity contribution >= 4 is 17.5 Å². The van der Waals surface area contributed by atoms with Crippen molar-refractivity contribution < 1.29 is 23.5 Å². The van der Waals surface area contributed by atoms with Gasteiger partial charge >= 0.3 is 0 Å². The number of nitrogens with zero attached hydrogens (tertiary/aromatic N) is 3. The second-order valence-electron chi connectivity index (χ2n) is 9.03. The molecule has 0 bridgehead atoms. The van der Waals surface area contributed by atoms with Crippen LogP contribution in [0.1, 0.15) is 47.6 Å². The number of imidazole rings is 1. The molecule has 1 N–H and O–H groups in total. The van der Waals surface area contributed by atoms with Crippen molar-refractivity contribution in [3.63, 3.8) is 0 Å². The number of carbonyl (C=O) groups excluding carboxylic acids is 2. The van der Waals surface area contributed by atoms with Crippen LogP contribution in [0.4, 0.5) is 10.1 Å². The first-order valence-electron chi connectivity index (χ1n) is 12.3. The van der Waals surface area contributed by atoms with Crippen LogP contribution in [-0.4, -0.2) is 46.0 Å². The van der Waals surface area contributed by atoms with E-state index in [1.165, 1.54) is 12.1 Å². The van der Waals surface area contributed by atoms with Gasteiger partial charge in [-0.15, -0.1) is 0 Å². The Balaban J connectivity index is 1.18. The molecule has 1 aromatic heterocycles. The van der Waals surface area contributed by atoms with Crippen LogP contribution in [-0.2, 0) is 22.7 Å². The van der Waals surface area contributed by atoms with Gasteiger partial charge in [0.2, 0.25) is 5.91 Å². The summed E-state index contributed by atoms with van der Waals surface area (Å²) < 4.78 is 26.8. The number of fused-ring (bicyclic) bond motifs is 1. The summed E-state index contributed by atoms with van der Waals surface area (Å²) in [5, 5.41) is 2.98. The van der Waals surface area contributed by atoms with Crippen molar-refractivity contribution in [1.29, 1.82) is 0 Å². The number of likely N-dealkylation sites (tertiary alicyclic amines) is 1. The topological polar surface area (TPSA) is 85.7 Å². The number of benzene rings is 2. The smallest absolute Gasteiger partial charge is 0.274 e. The lowest BCUT2D eigenvalue weighted by Crippen LogP contribution is -2.42. The molecular weight excluding hydrogens is 463 g/mol. The highest BCUT2D eigenvalue weighted by atomic mass is 19.1. The Kier molecular flexibility index (Phi) is 6.99. The minimum Gasteiger partial charge on any atom is -0.492 e. The van der Waals surface area contributed by atoms with Gasteiger partial charge in [0.05, 0.1) is 37.5 Å². The molecule has 1 fully saturated rings. The number of nitrogens with one attached hydrogen (secondary N) is 1. The van der Waals surface area contributed by atoms with E-state index in [2.05, 4.69) is 10.3 Å². The lowest BCUT2D eigenvalue weighted by molar-refractivity contribution is -0.121. The minimum atomic E-state index is -0.290. The molecule has 0 spiro atoms. The molecule has 0 aliphatic carbocycles. The van der Waals surface area contributed by atoms with Crippen molar-refractivity contribution in [3.05, 3.63) is 77.6 Å². The first-order valence-corrected chi connectivity index (χ1v) is 12.3. The van der Waals surface area contributed by atoms with E-state index in [9.17, 15) is 14.0 Å². The monoisotopic (exact) mass is 492 g/mol. The van der Waals surface area contributed by atoms with E-state index >= 15 is 0 Å². The number of para-hydroxylation sites is 2. The predicted molar refractivity (Wildman–Crippen MR) is 131 cm³/mol. The van der Waals surface area contributed by atoms with Crippen molar-refractivity contribution in [2.24, 2.45) is 5.92 Å². The van der Waals surface area contributed by atoms with Gasteiger partial charge in [-0.2, -0.15) is 0 Å². The third-order valence-electron chi connectivity index (χ3n) is 6.77. The van der Waals surface area contributed by atoms with Crippen LogP contribution in [0.2, 0.25) is 0 Å². The fourth-order valence-corrected chi connectivity index (χ4v) is 4.77. The van der Waals surface area contributed by atoms with Gasteiger partial charge in [-0.05, 0) is 49.6 Å². The number of hydrogen-bond acceptors (Lipinski definition) is 5. The normalized spacial score (nSPS) is 17.9. The van der Waals surface area contributed by atoms with Crippen LogP contribution < -0.4 is 10.1 Å². The Hall–Kier alpha value is -3.72. The quantitative estimate of drug-likeness (QED) is 0.558. The molecule has 2 aromatic carbocycles. The van der Waals surface area contributed by atoms with E-state index < -0.39 is 0 Å². The Labute approximate surface area is 209 Å². The van der Waals surface area contributed by atoms with Gasteiger partial charge in [0.25, 0.3) is 5.91 Å². The number of piperidine rings is 1. The van der Waals surface area contributed by atoms with Crippen LogP contribution >= 0.6 is 0 Å². The van der Waals surface area contributed by atoms with Crippen LogP contribution in [0.3, 0.4) is 0 Å². The van der Waals surface area contributed by atoms with Crippen molar-refractivity contribution in [1.82, 2.24) is 14.5 Å². The third-order valence-corrected chi connectivity index (χ3v) is 6.77. The second kappa shape index (κ2) is 10.5. The molecule has 188 valence electrons. The molecule has 5 rings (SSSR count). The zero-order valence-electron chi connectivity index (χ0n) is 20.2. The lowest BCUT2D eigenvalue weighted by atomic mass is 9.95. The molecule has 2 aliphatic rings. The maximum atomic E-state index is 13.2. The van der Waals surface area contributed by atoms with Crippen molar-refractivity contribution in [2.75, 3.05) is 25.0 Å². The molecule has 3 aromatic rings. The average Bonchev–Trinajstić information content (AvgIpc) is 3.33. The number of aromatic nitrogens is 2. The number of ether oxygens (including phenoxy) is 2. The molecule has 0 saturated carbocycles. The first-order chi connectivity index (χ1) is 17.5. The van der Waals surface area contributed by atoms with Gasteiger partial charge in [0.1, 0.15) is 17.7 Å². The predicted octanol–water partition coefficient (Wildman–Crippen LogP) is 4.18. The van der Waals surface area contributed by atoms with E-state index in [-0.39, 0.29) is 36.3 Å². The molecule has 0 radical (unpaired) electrons. The summed E-state index contributed by atoms with van der Waals surface area (Å²) in [7, 11) is 0. The summed E-state index contributed by atoms with van der Waals surface area (Å²) in [4.78, 5) is 32.3. The van der Waals surface area contributed by atoms with Crippen LogP contribution in [0, 0.1) is 11.7 Å². The Morgan fingerprint density at radius 1 is 1.14 bits per heavy atom. The molecule has 2 amide bonds. The molecule has 36 heavy (non-hydrogen) atoms. The van der Waals surface area contributed by atoms with Crippen LogP contribution in [0.15, 0.2) is 54.9 Å². The Bertz CT molecular complexity index is 1230. The van der Waals surface area contributed by atoms with E-state index in [0.717, 1.165) is 11.3 Å². The second-order valence-corrected chi connectivity index (χ2v) is 9.03. The standard InChI is InChI=1S/C27H29FN4O4/c1-2-35-23-6-4-3-5-21(23)30-26(33)19-11-13-31(14-12-19)27(34)25-22-16-36-24(15-32(22)17-29-25)18-7-9-20(28)10-8-18/h3-10,17,19,24H,2,11-16H2,1H3,(H,30,33)/t24-/m1/s1. The van der Waals surface area contributed by atoms with Gasteiger partial charge in [0.15, 0.2) is 5.69 Å². The fraction of sp³-hybridized carbons (Fsp3) is 0.370. The van der Waals surface area contributed by atoms with Gasteiger partial charge in [-0.3, -0.25) is 9.59 Å². The van der Waals surface area contributed by atoms with E-state index in [0.29, 0.717) is 56.2 Å². The van der Waals surface area contributed by atoms with E-state index in [1.807, 2.05) is 35.8 Å². The third kappa shape index (κ3) is 4.97. The van der Waals surface area contributed by atoms with E-state index in [4.69, 9.17) is 9.47 Å². The molecule has 3 heterocycles. The zero-order valence-corrected chi connectivity index (χ0v) is 20.2. The fourth-order valence-electron chi connectivity index (χ4n) is 4.77. The SMILES string of the molecule is CCOc1ccccc1NC(=O)C1CCN(C(=O)c2ncn3c2CO[C@@H](c2ccc(F)cc2)C3)CC1. The highest BCUT2D eigenvalue weighted by Gasteiger charge is 2.32. The first kappa shape index (κ1) is 24.0. The molecule has 1 saturated heterocycles. The molecule has 0 unspecified atom stereocenters. The zero-order chi connectivity index (χ0) is 25.1. The Morgan fingerprint density at radius 3 is 2.64 bits per heavy atom. The lowest BCUT2D eigenvalue weighted by Gasteiger charge is -2.31. The van der Waals surface area contributed by atoms with Crippen molar-refractivity contribution in [2.45, 2.75) is 39.0 Å². The van der Waals surface area contributed by atoms with Crippen molar-refractivity contribution in [3.8, 4) is 5.75 Å². The molecule has 9 heteroatoms. The van der Waals surface area contributed by atoms with Crippen LogP contribution in [0.25, 0.3) is 0 Å². The highest BCUT2D eigenvalue weighted by molar-refractivity contribution is 5.95. The van der Waals surface area contributed by atoms with Gasteiger partial charge < -0.3 is 24.3 Å². The molecule has 2 aliphatic heterocycles. The number of amides is 2. The van der Waals surface area contributed by atoms with Gasteiger partial charge in [0, 0.05) is 19.0 Å². The summed E-state index contributed by atoms with van der Waals surface area (Å²) in [5.41, 5.74) is 2.67. The Morgan fingerprint density at radius 2 is 1.89 bits per heavy atom. The summed E-state index contributed by atoms with van der Waals surface area (Å²) in [6.07, 6.45) is 2.59. The molecule has 8 nitrogen and oxygen atoms in total. The van der Waals surface area contributed by atoms with Gasteiger partial charge in [-0.25, -0.2) is 9.37 Å². The molecular formula is C27H29FN4O4. The maximum absolute atomic E-state index is 13.2. The summed E-state index contributed by atoms with van der Waals surface area (Å²) in [6, 6.07) is 13.6. The maximum Gasteiger partial charge on any atom is 0.274 e. The number of rotatable bonds is 6. The summed E-state index contributed by atoms with van der Waals surface area (Å²) in [6.45, 7) is 4.14. The number of halogens is 1. The average molecular weight is 493 g/mol. The number of anilines is 1. The molecule has 1 atom stereocenters. The van der Waals surface area contributed by atoms with Crippen LogP contribution in [0.5, 0.6) is 5.75 Å². The van der Waals surface area contributed by atoms with Gasteiger partial charge in [-0.1, -0.05) is 24.3 Å². The number of carbonyl (C=O) groups is 2. The summed E-state index contributed by atoms with van der Waals surface area (Å²) in [5.74, 6) is -0.0295.